The molecule has 0 atom stereocenters. The van der Waals surface area contributed by atoms with Crippen LogP contribution in [0.1, 0.15) is 20.9 Å². The summed E-state index contributed by atoms with van der Waals surface area (Å²) in [6.45, 7) is 0. The highest BCUT2D eigenvalue weighted by Gasteiger charge is 2.09. The summed E-state index contributed by atoms with van der Waals surface area (Å²) in [7, 11) is 0. The Bertz CT molecular complexity index is 545. The average Bonchev–Trinajstić information content (AvgIpc) is 2.82. The highest BCUT2D eigenvalue weighted by Crippen LogP contribution is 2.12. The highest BCUT2D eigenvalue weighted by atomic mass is 16.4. The van der Waals surface area contributed by atoms with Gasteiger partial charge in [0.25, 0.3) is 5.91 Å². The van der Waals surface area contributed by atoms with Crippen LogP contribution < -0.4 is 5.32 Å². The molecule has 1 amide bonds. The molecule has 5 nitrogen and oxygen atoms in total. The summed E-state index contributed by atoms with van der Waals surface area (Å²) in [5.41, 5.74) is 0.522. The van der Waals surface area contributed by atoms with Crippen LogP contribution >= 0.6 is 0 Å². The van der Waals surface area contributed by atoms with Crippen molar-refractivity contribution in [3.8, 4) is 0 Å². The van der Waals surface area contributed by atoms with Crippen LogP contribution in [0.2, 0.25) is 0 Å². The van der Waals surface area contributed by atoms with Crippen molar-refractivity contribution in [1.29, 1.82) is 0 Å². The molecule has 0 unspecified atom stereocenters. The average molecular weight is 231 g/mol. The standard InChI is InChI=1S/C12H9NO4/c14-11(10-5-2-6-17-10)13-9-4-1-3-8(7-9)12(15)16/h1-7H,(H,13,14)(H,15,16). The number of carbonyl (C=O) groups excluding carboxylic acids is 1. The molecule has 86 valence electrons. The Morgan fingerprint density at radius 3 is 2.65 bits per heavy atom. The maximum absolute atomic E-state index is 11.6. The van der Waals surface area contributed by atoms with E-state index in [-0.39, 0.29) is 11.3 Å². The van der Waals surface area contributed by atoms with E-state index in [0.29, 0.717) is 5.69 Å². The van der Waals surface area contributed by atoms with Crippen LogP contribution in [-0.4, -0.2) is 17.0 Å². The Labute approximate surface area is 96.7 Å². The van der Waals surface area contributed by atoms with Gasteiger partial charge in [0.2, 0.25) is 0 Å². The smallest absolute Gasteiger partial charge is 0.335 e. The molecule has 0 aliphatic heterocycles. The van der Waals surface area contributed by atoms with Gasteiger partial charge in [-0.05, 0) is 30.3 Å². The Morgan fingerprint density at radius 2 is 2.00 bits per heavy atom. The number of hydrogen-bond donors (Lipinski definition) is 2. The zero-order valence-electron chi connectivity index (χ0n) is 8.71. The van der Waals surface area contributed by atoms with E-state index in [1.54, 1.807) is 18.2 Å². The third-order valence-electron chi connectivity index (χ3n) is 2.11. The first-order valence-electron chi connectivity index (χ1n) is 4.85. The first-order valence-corrected chi connectivity index (χ1v) is 4.85. The Balaban J connectivity index is 2.16. The number of rotatable bonds is 3. The van der Waals surface area contributed by atoms with Crippen LogP contribution in [0.3, 0.4) is 0 Å². The lowest BCUT2D eigenvalue weighted by Crippen LogP contribution is -2.11. The molecule has 1 heterocycles. The fraction of sp³-hybridized carbons (Fsp3) is 0. The molecular formula is C12H9NO4. The highest BCUT2D eigenvalue weighted by molar-refractivity contribution is 6.02. The van der Waals surface area contributed by atoms with E-state index in [1.807, 2.05) is 0 Å². The van der Waals surface area contributed by atoms with E-state index >= 15 is 0 Å². The summed E-state index contributed by atoms with van der Waals surface area (Å²) >= 11 is 0. The van der Waals surface area contributed by atoms with Crippen LogP contribution in [0.25, 0.3) is 0 Å². The molecule has 2 aromatic rings. The van der Waals surface area contributed by atoms with Gasteiger partial charge in [0.1, 0.15) is 0 Å². The molecule has 0 radical (unpaired) electrons. The third kappa shape index (κ3) is 2.52. The van der Waals surface area contributed by atoms with Gasteiger partial charge in [0.15, 0.2) is 5.76 Å². The first kappa shape index (κ1) is 10.9. The van der Waals surface area contributed by atoms with E-state index in [0.717, 1.165) is 0 Å². The Hall–Kier alpha value is -2.56. The normalized spacial score (nSPS) is 9.88. The number of carboxylic acid groups (broad SMARTS) is 1. The van der Waals surface area contributed by atoms with Crippen molar-refractivity contribution in [2.75, 3.05) is 5.32 Å². The molecule has 5 heteroatoms. The van der Waals surface area contributed by atoms with Crippen molar-refractivity contribution in [2.24, 2.45) is 0 Å². The minimum atomic E-state index is -1.04. The molecule has 0 aliphatic carbocycles. The number of nitrogens with one attached hydrogen (secondary N) is 1. The zero-order valence-corrected chi connectivity index (χ0v) is 8.71. The number of aromatic carboxylic acids is 1. The van der Waals surface area contributed by atoms with Gasteiger partial charge in [0, 0.05) is 5.69 Å². The van der Waals surface area contributed by atoms with Gasteiger partial charge in [-0.25, -0.2) is 4.79 Å². The molecular weight excluding hydrogens is 222 g/mol. The summed E-state index contributed by atoms with van der Waals surface area (Å²) in [5.74, 6) is -1.29. The van der Waals surface area contributed by atoms with E-state index in [4.69, 9.17) is 9.52 Å². The van der Waals surface area contributed by atoms with Gasteiger partial charge in [-0.2, -0.15) is 0 Å². The van der Waals surface area contributed by atoms with Crippen molar-refractivity contribution in [3.63, 3.8) is 0 Å². The first-order chi connectivity index (χ1) is 8.16. The molecule has 0 fully saturated rings. The lowest BCUT2D eigenvalue weighted by molar-refractivity contribution is 0.0696. The fourth-order valence-corrected chi connectivity index (χ4v) is 1.33. The van der Waals surface area contributed by atoms with E-state index in [1.165, 1.54) is 24.5 Å². The second-order valence-corrected chi connectivity index (χ2v) is 3.32. The number of carboxylic acids is 1. The van der Waals surface area contributed by atoms with Crippen LogP contribution in [0.5, 0.6) is 0 Å². The summed E-state index contributed by atoms with van der Waals surface area (Å²) in [5, 5.41) is 11.3. The molecule has 1 aromatic heterocycles. The van der Waals surface area contributed by atoms with Crippen molar-refractivity contribution < 1.29 is 19.1 Å². The summed E-state index contributed by atoms with van der Waals surface area (Å²) < 4.78 is 4.92. The number of amides is 1. The van der Waals surface area contributed by atoms with E-state index in [2.05, 4.69) is 5.32 Å². The van der Waals surface area contributed by atoms with Crippen molar-refractivity contribution in [1.82, 2.24) is 0 Å². The quantitative estimate of drug-likeness (QED) is 0.848. The number of carbonyl (C=O) groups is 2. The minimum absolute atomic E-state index is 0.113. The topological polar surface area (TPSA) is 79.5 Å². The second kappa shape index (κ2) is 4.52. The third-order valence-corrected chi connectivity index (χ3v) is 2.11. The largest absolute Gasteiger partial charge is 0.478 e. The summed E-state index contributed by atoms with van der Waals surface area (Å²) in [6.07, 6.45) is 1.39. The Morgan fingerprint density at radius 1 is 1.18 bits per heavy atom. The lowest BCUT2D eigenvalue weighted by Gasteiger charge is -2.03. The van der Waals surface area contributed by atoms with Gasteiger partial charge in [0.05, 0.1) is 11.8 Å². The predicted octanol–water partition coefficient (Wildman–Crippen LogP) is 2.23. The molecule has 2 rings (SSSR count). The van der Waals surface area contributed by atoms with Crippen molar-refractivity contribution in [3.05, 3.63) is 54.0 Å². The number of benzene rings is 1. The Kier molecular flexibility index (Phi) is 2.91. The molecule has 0 bridgehead atoms. The van der Waals surface area contributed by atoms with Crippen molar-refractivity contribution >= 4 is 17.6 Å². The van der Waals surface area contributed by atoms with Gasteiger partial charge in [-0.1, -0.05) is 6.07 Å². The second-order valence-electron chi connectivity index (χ2n) is 3.32. The molecule has 0 saturated carbocycles. The molecule has 0 spiro atoms. The molecule has 2 N–H and O–H groups in total. The lowest BCUT2D eigenvalue weighted by atomic mass is 10.2. The van der Waals surface area contributed by atoms with Crippen LogP contribution in [0.15, 0.2) is 47.1 Å². The molecule has 1 aromatic carbocycles. The monoisotopic (exact) mass is 231 g/mol. The number of anilines is 1. The summed E-state index contributed by atoms with van der Waals surface area (Å²) in [6, 6.07) is 9.11. The van der Waals surface area contributed by atoms with Gasteiger partial charge in [-0.15, -0.1) is 0 Å². The maximum Gasteiger partial charge on any atom is 0.335 e. The minimum Gasteiger partial charge on any atom is -0.478 e. The maximum atomic E-state index is 11.6. The van der Waals surface area contributed by atoms with Gasteiger partial charge >= 0.3 is 5.97 Å². The SMILES string of the molecule is O=C(O)c1cccc(NC(=O)c2ccco2)c1. The van der Waals surface area contributed by atoms with Gasteiger partial charge in [-0.3, -0.25) is 4.79 Å². The fourth-order valence-electron chi connectivity index (χ4n) is 1.33. The molecule has 17 heavy (non-hydrogen) atoms. The van der Waals surface area contributed by atoms with Crippen LogP contribution in [0, 0.1) is 0 Å². The number of furan rings is 1. The van der Waals surface area contributed by atoms with Gasteiger partial charge < -0.3 is 14.8 Å². The predicted molar refractivity (Wildman–Crippen MR) is 60.1 cm³/mol. The van der Waals surface area contributed by atoms with Crippen LogP contribution in [0.4, 0.5) is 5.69 Å². The van der Waals surface area contributed by atoms with Crippen molar-refractivity contribution in [2.45, 2.75) is 0 Å². The van der Waals surface area contributed by atoms with E-state index in [9.17, 15) is 9.59 Å². The van der Waals surface area contributed by atoms with E-state index < -0.39 is 11.9 Å². The number of hydrogen-bond acceptors (Lipinski definition) is 3. The molecule has 0 aliphatic rings. The molecule has 0 saturated heterocycles. The zero-order chi connectivity index (χ0) is 12.3. The summed E-state index contributed by atoms with van der Waals surface area (Å²) in [4.78, 5) is 22.3. The van der Waals surface area contributed by atoms with Crippen LogP contribution in [-0.2, 0) is 0 Å².